The van der Waals surface area contributed by atoms with Gasteiger partial charge in [0.05, 0.1) is 16.4 Å². The first kappa shape index (κ1) is 15.1. The molecule has 1 aromatic heterocycles. The van der Waals surface area contributed by atoms with Gasteiger partial charge in [0.1, 0.15) is 6.10 Å². The quantitative estimate of drug-likeness (QED) is 0.887. The van der Waals surface area contributed by atoms with E-state index in [-0.39, 0.29) is 5.56 Å². The third-order valence-electron chi connectivity index (χ3n) is 3.01. The summed E-state index contributed by atoms with van der Waals surface area (Å²) in [7, 11) is 0. The second-order valence-electron chi connectivity index (χ2n) is 4.47. The number of nitrogens with zero attached hydrogens (tertiary/aromatic N) is 2. The molecule has 0 fully saturated rings. The van der Waals surface area contributed by atoms with Gasteiger partial charge < -0.3 is 5.11 Å². The molecule has 0 saturated heterocycles. The van der Waals surface area contributed by atoms with E-state index in [1.165, 1.54) is 18.2 Å². The van der Waals surface area contributed by atoms with Crippen molar-refractivity contribution in [2.75, 3.05) is 0 Å². The molecule has 1 unspecified atom stereocenters. The van der Waals surface area contributed by atoms with Crippen LogP contribution in [-0.4, -0.2) is 14.9 Å². The smallest absolute Gasteiger partial charge is 0.263 e. The van der Waals surface area contributed by atoms with Gasteiger partial charge in [-0.15, -0.1) is 0 Å². The van der Waals surface area contributed by atoms with E-state index in [0.717, 1.165) is 6.42 Å². The topological polar surface area (TPSA) is 38.0 Å². The molecule has 0 amide bonds. The molecule has 0 spiro atoms. The summed E-state index contributed by atoms with van der Waals surface area (Å²) in [6.45, 7) is 2.66. The van der Waals surface area contributed by atoms with Crippen molar-refractivity contribution in [2.45, 2.75) is 32.4 Å². The van der Waals surface area contributed by atoms with E-state index in [2.05, 4.69) is 21.0 Å². The van der Waals surface area contributed by atoms with Crippen LogP contribution in [-0.2, 0) is 6.54 Å². The lowest BCUT2D eigenvalue weighted by Crippen LogP contribution is -2.11. The minimum absolute atomic E-state index is 0.0979. The summed E-state index contributed by atoms with van der Waals surface area (Å²) in [5.41, 5.74) is 0.916. The van der Waals surface area contributed by atoms with Crippen LogP contribution in [0.3, 0.4) is 0 Å². The summed E-state index contributed by atoms with van der Waals surface area (Å²) >= 11 is 3.34. The molecule has 0 saturated carbocycles. The van der Waals surface area contributed by atoms with Gasteiger partial charge in [-0.3, -0.25) is 4.68 Å². The average Bonchev–Trinajstić information content (AvgIpc) is 2.79. The van der Waals surface area contributed by atoms with E-state index in [1.54, 1.807) is 16.9 Å². The molecule has 2 rings (SSSR count). The van der Waals surface area contributed by atoms with Gasteiger partial charge in [0, 0.05) is 12.1 Å². The van der Waals surface area contributed by atoms with Crippen LogP contribution >= 0.6 is 15.9 Å². The molecular weight excluding hydrogens is 330 g/mol. The molecule has 2 aromatic rings. The molecule has 0 radical (unpaired) electrons. The van der Waals surface area contributed by atoms with E-state index in [4.69, 9.17) is 0 Å². The Hall–Kier alpha value is -1.27. The van der Waals surface area contributed by atoms with Crippen molar-refractivity contribution >= 4 is 15.9 Å². The van der Waals surface area contributed by atoms with Crippen molar-refractivity contribution in [1.29, 1.82) is 0 Å². The maximum absolute atomic E-state index is 12.7. The minimum Gasteiger partial charge on any atom is -0.382 e. The van der Waals surface area contributed by atoms with Crippen LogP contribution in [0.5, 0.6) is 0 Å². The third kappa shape index (κ3) is 3.07. The molecule has 1 aromatic carbocycles. The highest BCUT2D eigenvalue weighted by atomic mass is 79.9. The SMILES string of the molecule is CCCn1ncc(Br)c1C(O)c1cccc(C(F)F)c1. The molecule has 108 valence electrons. The molecule has 6 heteroatoms. The van der Waals surface area contributed by atoms with Crippen LogP contribution in [0, 0.1) is 0 Å². The van der Waals surface area contributed by atoms with Crippen molar-refractivity contribution in [3.63, 3.8) is 0 Å². The largest absolute Gasteiger partial charge is 0.382 e. The molecule has 20 heavy (non-hydrogen) atoms. The lowest BCUT2D eigenvalue weighted by Gasteiger charge is -2.15. The van der Waals surface area contributed by atoms with Crippen LogP contribution in [0.1, 0.15) is 42.7 Å². The third-order valence-corrected chi connectivity index (χ3v) is 3.62. The van der Waals surface area contributed by atoms with Crippen molar-refractivity contribution in [3.8, 4) is 0 Å². The highest BCUT2D eigenvalue weighted by Gasteiger charge is 2.20. The lowest BCUT2D eigenvalue weighted by molar-refractivity contribution is 0.150. The van der Waals surface area contributed by atoms with Gasteiger partial charge in [0.25, 0.3) is 6.43 Å². The van der Waals surface area contributed by atoms with E-state index >= 15 is 0 Å². The van der Waals surface area contributed by atoms with E-state index in [9.17, 15) is 13.9 Å². The standard InChI is InChI=1S/C14H15BrF2N2O/c1-2-6-19-12(11(15)8-18-19)13(20)9-4-3-5-10(7-9)14(16)17/h3-5,7-8,13-14,20H,2,6H2,1H3. The van der Waals surface area contributed by atoms with E-state index < -0.39 is 12.5 Å². The van der Waals surface area contributed by atoms with Gasteiger partial charge in [-0.1, -0.05) is 25.1 Å². The Morgan fingerprint density at radius 2 is 2.05 bits per heavy atom. The first-order chi connectivity index (χ1) is 9.54. The lowest BCUT2D eigenvalue weighted by atomic mass is 10.0. The Morgan fingerprint density at radius 3 is 2.70 bits per heavy atom. The number of alkyl halides is 2. The molecule has 0 aliphatic heterocycles. The number of aromatic nitrogens is 2. The van der Waals surface area contributed by atoms with E-state index in [0.29, 0.717) is 22.3 Å². The number of hydrogen-bond donors (Lipinski definition) is 1. The fourth-order valence-electron chi connectivity index (χ4n) is 2.06. The van der Waals surface area contributed by atoms with Crippen molar-refractivity contribution in [3.05, 3.63) is 51.8 Å². The Bertz CT molecular complexity index is 586. The second-order valence-corrected chi connectivity index (χ2v) is 5.33. The van der Waals surface area contributed by atoms with Crippen LogP contribution in [0.25, 0.3) is 0 Å². The Morgan fingerprint density at radius 1 is 1.35 bits per heavy atom. The van der Waals surface area contributed by atoms with Crippen LogP contribution in [0.2, 0.25) is 0 Å². The first-order valence-electron chi connectivity index (χ1n) is 6.31. The summed E-state index contributed by atoms with van der Waals surface area (Å²) in [5.74, 6) is 0. The highest BCUT2D eigenvalue weighted by Crippen LogP contribution is 2.30. The number of benzene rings is 1. The predicted octanol–water partition coefficient (Wildman–Crippen LogP) is 4.07. The number of aryl methyl sites for hydroxylation is 1. The minimum atomic E-state index is -2.55. The molecule has 0 aliphatic rings. The zero-order valence-electron chi connectivity index (χ0n) is 10.9. The predicted molar refractivity (Wildman–Crippen MR) is 75.7 cm³/mol. The Kier molecular flexibility index (Phi) is 4.88. The Labute approximate surface area is 124 Å². The highest BCUT2D eigenvalue weighted by molar-refractivity contribution is 9.10. The second kappa shape index (κ2) is 6.45. The summed E-state index contributed by atoms with van der Waals surface area (Å²) in [4.78, 5) is 0. The number of hydrogen-bond acceptors (Lipinski definition) is 2. The zero-order chi connectivity index (χ0) is 14.7. The normalized spacial score (nSPS) is 12.9. The number of aliphatic hydroxyl groups excluding tert-OH is 1. The average molecular weight is 345 g/mol. The summed E-state index contributed by atoms with van der Waals surface area (Å²) < 4.78 is 27.8. The van der Waals surface area contributed by atoms with Crippen LogP contribution in [0.4, 0.5) is 8.78 Å². The van der Waals surface area contributed by atoms with Crippen molar-refractivity contribution in [1.82, 2.24) is 9.78 Å². The first-order valence-corrected chi connectivity index (χ1v) is 7.11. The molecule has 1 atom stereocenters. The summed E-state index contributed by atoms with van der Waals surface area (Å²) in [6, 6.07) is 5.82. The fourth-order valence-corrected chi connectivity index (χ4v) is 2.57. The van der Waals surface area contributed by atoms with Gasteiger partial charge in [0.15, 0.2) is 0 Å². The maximum atomic E-state index is 12.7. The monoisotopic (exact) mass is 344 g/mol. The van der Waals surface area contributed by atoms with E-state index in [1.807, 2.05) is 6.92 Å². The van der Waals surface area contributed by atoms with Gasteiger partial charge in [-0.25, -0.2) is 8.78 Å². The summed E-state index contributed by atoms with van der Waals surface area (Å²) in [5, 5.41) is 14.6. The zero-order valence-corrected chi connectivity index (χ0v) is 12.5. The number of rotatable bonds is 5. The summed E-state index contributed by atoms with van der Waals surface area (Å²) in [6.07, 6.45) is -1.07. The molecule has 1 N–H and O–H groups in total. The molecule has 3 nitrogen and oxygen atoms in total. The number of halogens is 3. The maximum Gasteiger partial charge on any atom is 0.263 e. The van der Waals surface area contributed by atoms with Crippen molar-refractivity contribution in [2.24, 2.45) is 0 Å². The number of aliphatic hydroxyl groups is 1. The molecule has 0 aliphatic carbocycles. The van der Waals surface area contributed by atoms with Crippen LogP contribution < -0.4 is 0 Å². The molecule has 0 bridgehead atoms. The molecule has 1 heterocycles. The Balaban J connectivity index is 2.38. The van der Waals surface area contributed by atoms with Gasteiger partial charge in [-0.05, 0) is 34.0 Å². The van der Waals surface area contributed by atoms with Gasteiger partial charge in [-0.2, -0.15) is 5.10 Å². The van der Waals surface area contributed by atoms with Gasteiger partial charge >= 0.3 is 0 Å². The van der Waals surface area contributed by atoms with Gasteiger partial charge in [0.2, 0.25) is 0 Å². The fraction of sp³-hybridized carbons (Fsp3) is 0.357. The van der Waals surface area contributed by atoms with Crippen molar-refractivity contribution < 1.29 is 13.9 Å². The van der Waals surface area contributed by atoms with Crippen LogP contribution in [0.15, 0.2) is 34.9 Å². The molecular formula is C14H15BrF2N2O.